The van der Waals surface area contributed by atoms with E-state index in [1.165, 1.54) is 32.2 Å². The summed E-state index contributed by atoms with van der Waals surface area (Å²) < 4.78 is 5.32. The summed E-state index contributed by atoms with van der Waals surface area (Å²) in [5, 5.41) is 3.59. The summed E-state index contributed by atoms with van der Waals surface area (Å²) in [6, 6.07) is 4.62. The molecule has 0 amide bonds. The van der Waals surface area contributed by atoms with Gasteiger partial charge in [-0.05, 0) is 50.8 Å². The minimum absolute atomic E-state index is 0.601. The van der Waals surface area contributed by atoms with Crippen LogP contribution in [-0.4, -0.2) is 12.6 Å². The maximum absolute atomic E-state index is 5.32. The average molecular weight is 221 g/mol. The summed E-state index contributed by atoms with van der Waals surface area (Å²) in [6.45, 7) is 3.44. The summed E-state index contributed by atoms with van der Waals surface area (Å²) in [7, 11) is 0. The van der Waals surface area contributed by atoms with Crippen LogP contribution in [0, 0.1) is 5.92 Å². The SMILES string of the molecule is CC(CCc1ccco1)NCCCC1CC1. The molecule has 0 spiro atoms. The van der Waals surface area contributed by atoms with Crippen LogP contribution in [0.2, 0.25) is 0 Å². The molecule has 0 aromatic carbocycles. The van der Waals surface area contributed by atoms with Crippen molar-refractivity contribution in [1.29, 1.82) is 0 Å². The molecule has 1 heterocycles. The molecule has 90 valence electrons. The molecule has 1 N–H and O–H groups in total. The van der Waals surface area contributed by atoms with E-state index in [9.17, 15) is 0 Å². The maximum atomic E-state index is 5.32. The van der Waals surface area contributed by atoms with Crippen LogP contribution >= 0.6 is 0 Å². The minimum Gasteiger partial charge on any atom is -0.469 e. The Morgan fingerprint density at radius 3 is 3.06 bits per heavy atom. The Morgan fingerprint density at radius 2 is 2.38 bits per heavy atom. The third-order valence-electron chi connectivity index (χ3n) is 3.38. The maximum Gasteiger partial charge on any atom is 0.103 e. The number of rotatable bonds is 8. The van der Waals surface area contributed by atoms with Crippen LogP contribution in [0.15, 0.2) is 22.8 Å². The minimum atomic E-state index is 0.601. The second kappa shape index (κ2) is 6.09. The van der Waals surface area contributed by atoms with Crippen LogP contribution < -0.4 is 5.32 Å². The van der Waals surface area contributed by atoms with Gasteiger partial charge in [0.25, 0.3) is 0 Å². The van der Waals surface area contributed by atoms with Gasteiger partial charge in [-0.3, -0.25) is 0 Å². The van der Waals surface area contributed by atoms with Gasteiger partial charge in [0.2, 0.25) is 0 Å². The Balaban J connectivity index is 1.48. The van der Waals surface area contributed by atoms with Crippen LogP contribution in [0.1, 0.15) is 44.8 Å². The standard InChI is InChI=1S/C14H23NO/c1-12(6-9-14-5-3-11-16-14)15-10-2-4-13-7-8-13/h3,5,11-13,15H,2,4,6-10H2,1H3. The van der Waals surface area contributed by atoms with Gasteiger partial charge in [-0.2, -0.15) is 0 Å². The first-order chi connectivity index (χ1) is 7.84. The van der Waals surface area contributed by atoms with E-state index in [1.54, 1.807) is 6.26 Å². The second-order valence-corrected chi connectivity index (χ2v) is 5.06. The molecular weight excluding hydrogens is 198 g/mol. The van der Waals surface area contributed by atoms with Crippen LogP contribution in [0.3, 0.4) is 0 Å². The van der Waals surface area contributed by atoms with E-state index in [0.717, 1.165) is 24.5 Å². The predicted octanol–water partition coefficient (Wildman–Crippen LogP) is 3.38. The quantitative estimate of drug-likeness (QED) is 0.681. The third-order valence-corrected chi connectivity index (χ3v) is 3.38. The zero-order valence-corrected chi connectivity index (χ0v) is 10.2. The van der Waals surface area contributed by atoms with Crippen molar-refractivity contribution in [3.05, 3.63) is 24.2 Å². The summed E-state index contributed by atoms with van der Waals surface area (Å²) in [5.74, 6) is 2.17. The molecule has 2 heteroatoms. The first-order valence-electron chi connectivity index (χ1n) is 6.60. The van der Waals surface area contributed by atoms with Gasteiger partial charge < -0.3 is 9.73 Å². The smallest absolute Gasteiger partial charge is 0.103 e. The Hall–Kier alpha value is -0.760. The van der Waals surface area contributed by atoms with E-state index >= 15 is 0 Å². The largest absolute Gasteiger partial charge is 0.469 e. The van der Waals surface area contributed by atoms with Gasteiger partial charge in [-0.1, -0.05) is 12.8 Å². The van der Waals surface area contributed by atoms with E-state index in [1.807, 2.05) is 6.07 Å². The average Bonchev–Trinajstić information content (AvgIpc) is 2.96. The monoisotopic (exact) mass is 221 g/mol. The lowest BCUT2D eigenvalue weighted by atomic mass is 10.1. The second-order valence-electron chi connectivity index (χ2n) is 5.06. The normalized spacial score (nSPS) is 17.6. The van der Waals surface area contributed by atoms with Gasteiger partial charge in [0.1, 0.15) is 5.76 Å². The molecule has 0 saturated heterocycles. The predicted molar refractivity (Wildman–Crippen MR) is 66.5 cm³/mol. The van der Waals surface area contributed by atoms with Gasteiger partial charge in [0.15, 0.2) is 0 Å². The molecule has 1 aliphatic rings. The molecule has 1 aliphatic carbocycles. The van der Waals surface area contributed by atoms with Crippen LogP contribution in [0.25, 0.3) is 0 Å². The molecule has 16 heavy (non-hydrogen) atoms. The number of hydrogen-bond acceptors (Lipinski definition) is 2. The lowest BCUT2D eigenvalue weighted by Crippen LogP contribution is -2.27. The highest BCUT2D eigenvalue weighted by Crippen LogP contribution is 2.33. The first-order valence-corrected chi connectivity index (χ1v) is 6.60. The highest BCUT2D eigenvalue weighted by Gasteiger charge is 2.19. The van der Waals surface area contributed by atoms with Crippen molar-refractivity contribution < 1.29 is 4.42 Å². The Kier molecular flexibility index (Phi) is 4.46. The van der Waals surface area contributed by atoms with Crippen molar-refractivity contribution in [2.45, 2.75) is 51.5 Å². The van der Waals surface area contributed by atoms with Crippen LogP contribution in [-0.2, 0) is 6.42 Å². The number of aryl methyl sites for hydroxylation is 1. The van der Waals surface area contributed by atoms with Crippen LogP contribution in [0.4, 0.5) is 0 Å². The third kappa shape index (κ3) is 4.40. The van der Waals surface area contributed by atoms with Gasteiger partial charge in [0, 0.05) is 12.5 Å². The van der Waals surface area contributed by atoms with Gasteiger partial charge in [-0.15, -0.1) is 0 Å². The topological polar surface area (TPSA) is 25.2 Å². The lowest BCUT2D eigenvalue weighted by molar-refractivity contribution is 0.453. The highest BCUT2D eigenvalue weighted by molar-refractivity contribution is 4.98. The molecule has 1 saturated carbocycles. The molecule has 1 atom stereocenters. The van der Waals surface area contributed by atoms with Crippen LogP contribution in [0.5, 0.6) is 0 Å². The van der Waals surface area contributed by atoms with Gasteiger partial charge >= 0.3 is 0 Å². The van der Waals surface area contributed by atoms with Crippen molar-refractivity contribution in [1.82, 2.24) is 5.32 Å². The van der Waals surface area contributed by atoms with E-state index in [4.69, 9.17) is 4.42 Å². The first kappa shape index (κ1) is 11.7. The molecular formula is C14H23NO. The fraction of sp³-hybridized carbons (Fsp3) is 0.714. The Labute approximate surface area is 98.4 Å². The molecule has 1 fully saturated rings. The lowest BCUT2D eigenvalue weighted by Gasteiger charge is -2.12. The molecule has 0 bridgehead atoms. The number of nitrogens with one attached hydrogen (secondary N) is 1. The fourth-order valence-electron chi connectivity index (χ4n) is 2.06. The summed E-state index contributed by atoms with van der Waals surface area (Å²) in [4.78, 5) is 0. The molecule has 0 radical (unpaired) electrons. The molecule has 1 aromatic heterocycles. The molecule has 1 aromatic rings. The number of hydrogen-bond donors (Lipinski definition) is 1. The van der Waals surface area contributed by atoms with Crippen molar-refractivity contribution in [2.24, 2.45) is 5.92 Å². The zero-order valence-electron chi connectivity index (χ0n) is 10.2. The molecule has 1 unspecified atom stereocenters. The molecule has 0 aliphatic heterocycles. The number of furan rings is 1. The van der Waals surface area contributed by atoms with E-state index in [0.29, 0.717) is 6.04 Å². The van der Waals surface area contributed by atoms with E-state index < -0.39 is 0 Å². The van der Waals surface area contributed by atoms with E-state index in [-0.39, 0.29) is 0 Å². The zero-order chi connectivity index (χ0) is 11.2. The van der Waals surface area contributed by atoms with E-state index in [2.05, 4.69) is 18.3 Å². The van der Waals surface area contributed by atoms with Crippen molar-refractivity contribution in [2.75, 3.05) is 6.54 Å². The van der Waals surface area contributed by atoms with Gasteiger partial charge in [0.05, 0.1) is 6.26 Å². The van der Waals surface area contributed by atoms with Crippen molar-refractivity contribution in [3.63, 3.8) is 0 Å². The summed E-state index contributed by atoms with van der Waals surface area (Å²) in [5.41, 5.74) is 0. The fourth-order valence-corrected chi connectivity index (χ4v) is 2.06. The summed E-state index contributed by atoms with van der Waals surface area (Å²) in [6.07, 6.45) is 9.69. The highest BCUT2D eigenvalue weighted by atomic mass is 16.3. The Bertz CT molecular complexity index is 277. The summed E-state index contributed by atoms with van der Waals surface area (Å²) >= 11 is 0. The van der Waals surface area contributed by atoms with Crippen molar-refractivity contribution in [3.8, 4) is 0 Å². The molecule has 2 nitrogen and oxygen atoms in total. The van der Waals surface area contributed by atoms with Gasteiger partial charge in [-0.25, -0.2) is 0 Å². The molecule has 2 rings (SSSR count). The Morgan fingerprint density at radius 1 is 1.50 bits per heavy atom. The van der Waals surface area contributed by atoms with Crippen molar-refractivity contribution >= 4 is 0 Å².